The zero-order valence-corrected chi connectivity index (χ0v) is 14.7. The van der Waals surface area contributed by atoms with Gasteiger partial charge in [0.2, 0.25) is 10.0 Å². The van der Waals surface area contributed by atoms with Crippen LogP contribution >= 0.6 is 11.3 Å². The fraction of sp³-hybridized carbons (Fsp3) is 0.333. The quantitative estimate of drug-likeness (QED) is 0.860. The molecule has 0 saturated heterocycles. The average Bonchev–Trinajstić information content (AvgIpc) is 2.94. The fourth-order valence-corrected chi connectivity index (χ4v) is 3.44. The number of sulfonamides is 1. The molecule has 6 nitrogen and oxygen atoms in total. The summed E-state index contributed by atoms with van der Waals surface area (Å²) in [4.78, 5) is 16.6. The van der Waals surface area contributed by atoms with E-state index < -0.39 is 21.2 Å². The van der Waals surface area contributed by atoms with Crippen LogP contribution in [0.1, 0.15) is 22.3 Å². The number of benzene rings is 1. The molecule has 2 rings (SSSR count). The topological polar surface area (TPSA) is 85.4 Å². The lowest BCUT2D eigenvalue weighted by Gasteiger charge is -2.13. The largest absolute Gasteiger partial charge is 0.383 e. The van der Waals surface area contributed by atoms with Crippen molar-refractivity contribution in [2.45, 2.75) is 19.1 Å². The van der Waals surface area contributed by atoms with Crippen LogP contribution in [0.3, 0.4) is 0 Å². The summed E-state index contributed by atoms with van der Waals surface area (Å²) in [6.07, 6.45) is 0. The zero-order valence-electron chi connectivity index (χ0n) is 13.1. The summed E-state index contributed by atoms with van der Waals surface area (Å²) in [6, 6.07) is 6.71. The lowest BCUT2D eigenvalue weighted by molar-refractivity contribution is 0.0980. The van der Waals surface area contributed by atoms with Crippen molar-refractivity contribution < 1.29 is 17.9 Å². The van der Waals surface area contributed by atoms with Gasteiger partial charge in [0.1, 0.15) is 5.25 Å². The van der Waals surface area contributed by atoms with Crippen molar-refractivity contribution in [1.29, 1.82) is 0 Å². The molecule has 23 heavy (non-hydrogen) atoms. The highest BCUT2D eigenvalue weighted by molar-refractivity contribution is 7.90. The van der Waals surface area contributed by atoms with Gasteiger partial charge in [0.05, 0.1) is 17.3 Å². The first kappa shape index (κ1) is 17.6. The number of hydrogen-bond acceptors (Lipinski definition) is 6. The summed E-state index contributed by atoms with van der Waals surface area (Å²) in [7, 11) is -2.37. The van der Waals surface area contributed by atoms with Gasteiger partial charge in [0.25, 0.3) is 5.91 Å². The van der Waals surface area contributed by atoms with Crippen molar-refractivity contribution in [2.24, 2.45) is 0 Å². The second-order valence-corrected chi connectivity index (χ2v) is 8.24. The Morgan fingerprint density at radius 2 is 2.17 bits per heavy atom. The molecule has 0 spiro atoms. The van der Waals surface area contributed by atoms with Crippen LogP contribution in [0.4, 0.5) is 0 Å². The number of methoxy groups -OCH3 is 1. The fourth-order valence-electron chi connectivity index (χ4n) is 1.93. The maximum absolute atomic E-state index is 12.2. The number of nitrogens with zero attached hydrogens (tertiary/aromatic N) is 1. The van der Waals surface area contributed by atoms with E-state index in [0.717, 1.165) is 16.3 Å². The smallest absolute Gasteiger partial charge is 0.264 e. The molecule has 1 aromatic heterocycles. The normalized spacial score (nSPS) is 12.8. The average molecular weight is 354 g/mol. The third kappa shape index (κ3) is 4.37. The Balaban J connectivity index is 2.20. The molecule has 0 bridgehead atoms. The maximum atomic E-state index is 12.2. The SMILES string of the molecule is COCC(C)S(=O)(=O)NC(=O)c1cccc(-c2csc(C)n2)c1. The van der Waals surface area contributed by atoms with Crippen molar-refractivity contribution in [2.75, 3.05) is 13.7 Å². The monoisotopic (exact) mass is 354 g/mol. The Labute approximate surface area is 139 Å². The highest BCUT2D eigenvalue weighted by atomic mass is 32.2. The minimum Gasteiger partial charge on any atom is -0.383 e. The van der Waals surface area contributed by atoms with Crippen LogP contribution in [0.2, 0.25) is 0 Å². The Bertz CT molecular complexity index is 799. The number of nitrogens with one attached hydrogen (secondary N) is 1. The van der Waals surface area contributed by atoms with E-state index in [9.17, 15) is 13.2 Å². The lowest BCUT2D eigenvalue weighted by Crippen LogP contribution is -2.39. The minimum atomic E-state index is -3.78. The van der Waals surface area contributed by atoms with E-state index in [2.05, 4.69) is 9.71 Å². The summed E-state index contributed by atoms with van der Waals surface area (Å²) in [5.41, 5.74) is 1.79. The van der Waals surface area contributed by atoms with Crippen LogP contribution in [-0.4, -0.2) is 38.3 Å². The number of amides is 1. The molecule has 8 heteroatoms. The van der Waals surface area contributed by atoms with Gasteiger partial charge < -0.3 is 4.74 Å². The minimum absolute atomic E-state index is 0.0146. The first-order valence-corrected chi connectivity index (χ1v) is 9.33. The molecule has 1 N–H and O–H groups in total. The van der Waals surface area contributed by atoms with E-state index in [1.165, 1.54) is 25.4 Å². The Kier molecular flexibility index (Phi) is 5.51. The molecule has 2 aromatic rings. The van der Waals surface area contributed by atoms with E-state index in [0.29, 0.717) is 0 Å². The second kappa shape index (κ2) is 7.20. The molecule has 0 fully saturated rings. The van der Waals surface area contributed by atoms with Gasteiger partial charge in [-0.2, -0.15) is 0 Å². The van der Waals surface area contributed by atoms with E-state index in [1.54, 1.807) is 18.2 Å². The van der Waals surface area contributed by atoms with Crippen LogP contribution in [0.5, 0.6) is 0 Å². The number of ether oxygens (including phenoxy) is 1. The predicted octanol–water partition coefficient (Wildman–Crippen LogP) is 2.21. The number of thiazole rings is 1. The van der Waals surface area contributed by atoms with Crippen molar-refractivity contribution in [3.63, 3.8) is 0 Å². The van der Waals surface area contributed by atoms with Crippen molar-refractivity contribution >= 4 is 27.3 Å². The molecule has 1 aromatic carbocycles. The summed E-state index contributed by atoms with van der Waals surface area (Å²) in [5, 5.41) is 2.00. The molecule has 0 aliphatic rings. The van der Waals surface area contributed by atoms with Crippen LogP contribution < -0.4 is 4.72 Å². The van der Waals surface area contributed by atoms with Gasteiger partial charge in [-0.3, -0.25) is 4.79 Å². The highest BCUT2D eigenvalue weighted by Gasteiger charge is 2.23. The standard InChI is InChI=1S/C15H18N2O4S2/c1-10(8-21-3)23(19,20)17-15(18)13-6-4-5-12(7-13)14-9-22-11(2)16-14/h4-7,9-10H,8H2,1-3H3,(H,17,18). The number of hydrogen-bond donors (Lipinski definition) is 1. The summed E-state index contributed by atoms with van der Waals surface area (Å²) in [5.74, 6) is -0.665. The summed E-state index contributed by atoms with van der Waals surface area (Å²) in [6.45, 7) is 3.39. The number of carbonyl (C=O) groups excluding carboxylic acids is 1. The zero-order chi connectivity index (χ0) is 17.0. The van der Waals surface area contributed by atoms with Gasteiger partial charge in [-0.1, -0.05) is 12.1 Å². The van der Waals surface area contributed by atoms with E-state index in [-0.39, 0.29) is 12.2 Å². The van der Waals surface area contributed by atoms with E-state index in [1.807, 2.05) is 18.4 Å². The molecule has 124 valence electrons. The van der Waals surface area contributed by atoms with Crippen molar-refractivity contribution in [1.82, 2.24) is 9.71 Å². The Morgan fingerprint density at radius 1 is 1.43 bits per heavy atom. The van der Waals surface area contributed by atoms with Gasteiger partial charge >= 0.3 is 0 Å². The number of aromatic nitrogens is 1. The first-order valence-electron chi connectivity index (χ1n) is 6.91. The molecule has 0 radical (unpaired) electrons. The molecule has 1 heterocycles. The van der Waals surface area contributed by atoms with Crippen LogP contribution in [-0.2, 0) is 14.8 Å². The molecular formula is C15H18N2O4S2. The van der Waals surface area contributed by atoms with Crippen LogP contribution in [0, 0.1) is 6.92 Å². The summed E-state index contributed by atoms with van der Waals surface area (Å²) >= 11 is 1.51. The highest BCUT2D eigenvalue weighted by Crippen LogP contribution is 2.22. The molecule has 1 atom stereocenters. The lowest BCUT2D eigenvalue weighted by atomic mass is 10.1. The van der Waals surface area contributed by atoms with Gasteiger partial charge in [0.15, 0.2) is 0 Å². The maximum Gasteiger partial charge on any atom is 0.264 e. The van der Waals surface area contributed by atoms with Crippen LogP contribution in [0.25, 0.3) is 11.3 Å². The van der Waals surface area contributed by atoms with Crippen molar-refractivity contribution in [3.05, 3.63) is 40.2 Å². The molecule has 0 aliphatic carbocycles. The van der Waals surface area contributed by atoms with Crippen molar-refractivity contribution in [3.8, 4) is 11.3 Å². The van der Waals surface area contributed by atoms with E-state index in [4.69, 9.17) is 4.74 Å². The van der Waals surface area contributed by atoms with Gasteiger partial charge in [-0.25, -0.2) is 18.1 Å². The van der Waals surface area contributed by atoms with Gasteiger partial charge in [-0.05, 0) is 26.0 Å². The molecule has 1 amide bonds. The number of aryl methyl sites for hydroxylation is 1. The Hall–Kier alpha value is -1.77. The Morgan fingerprint density at radius 3 is 2.78 bits per heavy atom. The molecule has 0 saturated carbocycles. The number of rotatable bonds is 6. The van der Waals surface area contributed by atoms with Crippen LogP contribution in [0.15, 0.2) is 29.6 Å². The number of carbonyl (C=O) groups is 1. The van der Waals surface area contributed by atoms with E-state index >= 15 is 0 Å². The second-order valence-electron chi connectivity index (χ2n) is 5.07. The molecule has 1 unspecified atom stereocenters. The summed E-state index contributed by atoms with van der Waals surface area (Å²) < 4.78 is 31.0. The third-order valence-electron chi connectivity index (χ3n) is 3.21. The van der Waals surface area contributed by atoms with Gasteiger partial charge in [-0.15, -0.1) is 11.3 Å². The third-order valence-corrected chi connectivity index (χ3v) is 5.64. The first-order chi connectivity index (χ1) is 10.8. The van der Waals surface area contributed by atoms with Gasteiger partial charge in [0, 0.05) is 23.6 Å². The predicted molar refractivity (Wildman–Crippen MR) is 90.0 cm³/mol. The molecule has 0 aliphatic heterocycles. The molecular weight excluding hydrogens is 336 g/mol.